The van der Waals surface area contributed by atoms with E-state index in [0.29, 0.717) is 0 Å². The fourth-order valence-corrected chi connectivity index (χ4v) is 3.13. The van der Waals surface area contributed by atoms with Crippen LogP contribution < -0.4 is 0 Å². The Bertz CT molecular complexity index is 386. The van der Waals surface area contributed by atoms with Gasteiger partial charge in [-0.25, -0.2) is 0 Å². The molecule has 1 fully saturated rings. The van der Waals surface area contributed by atoms with E-state index in [1.807, 2.05) is 0 Å². The summed E-state index contributed by atoms with van der Waals surface area (Å²) >= 11 is 0. The van der Waals surface area contributed by atoms with E-state index in [2.05, 4.69) is 42.8 Å². The molecule has 0 spiro atoms. The third kappa shape index (κ3) is 1.01. The SMILES string of the molecule is Cc1ccc(C2CC3C=CC2C3)n1C. The zero-order chi connectivity index (χ0) is 9.71. The standard InChI is InChI=1S/C13H17N/c1-9-3-6-13(14(9)2)12-8-10-4-5-11(12)7-10/h3-6,10-12H,7-8H2,1-2H3. The van der Waals surface area contributed by atoms with Crippen molar-refractivity contribution in [1.82, 2.24) is 4.57 Å². The monoisotopic (exact) mass is 187 g/mol. The van der Waals surface area contributed by atoms with Crippen molar-refractivity contribution in [3.05, 3.63) is 35.7 Å². The van der Waals surface area contributed by atoms with Crippen LogP contribution in [0.1, 0.15) is 30.1 Å². The minimum absolute atomic E-state index is 0.795. The first-order valence-corrected chi connectivity index (χ1v) is 5.56. The van der Waals surface area contributed by atoms with Crippen LogP contribution in [-0.2, 0) is 7.05 Å². The quantitative estimate of drug-likeness (QED) is 0.596. The maximum atomic E-state index is 2.43. The molecule has 3 atom stereocenters. The van der Waals surface area contributed by atoms with E-state index >= 15 is 0 Å². The molecule has 14 heavy (non-hydrogen) atoms. The van der Waals surface area contributed by atoms with E-state index in [-0.39, 0.29) is 0 Å². The van der Waals surface area contributed by atoms with Gasteiger partial charge in [0.1, 0.15) is 0 Å². The van der Waals surface area contributed by atoms with Gasteiger partial charge >= 0.3 is 0 Å². The first kappa shape index (κ1) is 8.34. The van der Waals surface area contributed by atoms with Crippen LogP contribution in [0.15, 0.2) is 24.3 Å². The molecule has 2 bridgehead atoms. The first-order chi connectivity index (χ1) is 6.75. The molecule has 1 aromatic heterocycles. The molecule has 1 heteroatoms. The molecule has 2 aliphatic rings. The number of aromatic nitrogens is 1. The summed E-state index contributed by atoms with van der Waals surface area (Å²) in [5, 5.41) is 0. The van der Waals surface area contributed by atoms with Crippen LogP contribution in [0.4, 0.5) is 0 Å². The van der Waals surface area contributed by atoms with Gasteiger partial charge in [0.2, 0.25) is 0 Å². The summed E-state index contributed by atoms with van der Waals surface area (Å²) in [4.78, 5) is 0. The molecule has 0 saturated heterocycles. The lowest BCUT2D eigenvalue weighted by Gasteiger charge is -2.19. The zero-order valence-electron chi connectivity index (χ0n) is 8.90. The smallest absolute Gasteiger partial charge is 0.0211 e. The summed E-state index contributed by atoms with van der Waals surface area (Å²) in [7, 11) is 2.19. The largest absolute Gasteiger partial charge is 0.352 e. The molecule has 0 N–H and O–H groups in total. The molecular weight excluding hydrogens is 170 g/mol. The molecule has 74 valence electrons. The van der Waals surface area contributed by atoms with Gasteiger partial charge in [-0.15, -0.1) is 0 Å². The first-order valence-electron chi connectivity index (χ1n) is 5.56. The van der Waals surface area contributed by atoms with E-state index in [1.54, 1.807) is 5.69 Å². The Morgan fingerprint density at radius 3 is 2.57 bits per heavy atom. The minimum Gasteiger partial charge on any atom is -0.352 e. The zero-order valence-corrected chi connectivity index (χ0v) is 8.90. The topological polar surface area (TPSA) is 4.93 Å². The Morgan fingerprint density at radius 1 is 1.21 bits per heavy atom. The van der Waals surface area contributed by atoms with Gasteiger partial charge in [0.15, 0.2) is 0 Å². The van der Waals surface area contributed by atoms with E-state index in [4.69, 9.17) is 0 Å². The van der Waals surface area contributed by atoms with Crippen molar-refractivity contribution in [3.63, 3.8) is 0 Å². The van der Waals surface area contributed by atoms with Crippen molar-refractivity contribution in [3.8, 4) is 0 Å². The van der Waals surface area contributed by atoms with E-state index in [9.17, 15) is 0 Å². The maximum Gasteiger partial charge on any atom is 0.0211 e. The normalized spacial score (nSPS) is 34.3. The highest BCUT2D eigenvalue weighted by Gasteiger charge is 2.37. The lowest BCUT2D eigenvalue weighted by Crippen LogP contribution is -2.10. The highest BCUT2D eigenvalue weighted by atomic mass is 15.0. The number of aryl methyl sites for hydroxylation is 1. The van der Waals surface area contributed by atoms with Crippen LogP contribution in [0.2, 0.25) is 0 Å². The van der Waals surface area contributed by atoms with Crippen LogP contribution >= 0.6 is 0 Å². The van der Waals surface area contributed by atoms with Gasteiger partial charge in [-0.2, -0.15) is 0 Å². The number of fused-ring (bicyclic) bond motifs is 2. The van der Waals surface area contributed by atoms with Gasteiger partial charge in [0, 0.05) is 24.4 Å². The second-order valence-electron chi connectivity index (χ2n) is 4.85. The number of hydrogen-bond acceptors (Lipinski definition) is 0. The molecule has 0 aliphatic heterocycles. The third-order valence-electron chi connectivity index (χ3n) is 4.07. The Labute approximate surface area is 85.4 Å². The molecule has 1 nitrogen and oxygen atoms in total. The summed E-state index contributed by atoms with van der Waals surface area (Å²) in [5.74, 6) is 2.50. The number of allylic oxidation sites excluding steroid dienone is 2. The fourth-order valence-electron chi connectivity index (χ4n) is 3.13. The number of hydrogen-bond donors (Lipinski definition) is 0. The van der Waals surface area contributed by atoms with Gasteiger partial charge in [-0.05, 0) is 43.7 Å². The van der Waals surface area contributed by atoms with Crippen molar-refractivity contribution in [2.24, 2.45) is 18.9 Å². The van der Waals surface area contributed by atoms with Gasteiger partial charge in [-0.1, -0.05) is 12.2 Å². The van der Waals surface area contributed by atoms with E-state index in [0.717, 1.165) is 17.8 Å². The summed E-state index contributed by atoms with van der Waals surface area (Å²) in [6.45, 7) is 2.19. The third-order valence-corrected chi connectivity index (χ3v) is 4.07. The molecule has 1 heterocycles. The van der Waals surface area contributed by atoms with Crippen molar-refractivity contribution in [1.29, 1.82) is 0 Å². The molecule has 1 aromatic rings. The molecular formula is C13H17N. The van der Waals surface area contributed by atoms with E-state index < -0.39 is 0 Å². The Hall–Kier alpha value is -0.980. The molecule has 3 unspecified atom stereocenters. The molecule has 1 saturated carbocycles. The molecule has 0 amide bonds. The molecule has 0 radical (unpaired) electrons. The van der Waals surface area contributed by atoms with Crippen LogP contribution in [0.5, 0.6) is 0 Å². The van der Waals surface area contributed by atoms with Crippen molar-refractivity contribution >= 4 is 0 Å². The van der Waals surface area contributed by atoms with Crippen LogP contribution in [-0.4, -0.2) is 4.57 Å². The van der Waals surface area contributed by atoms with Crippen LogP contribution in [0, 0.1) is 18.8 Å². The second kappa shape index (κ2) is 2.75. The number of nitrogens with zero attached hydrogens (tertiary/aromatic N) is 1. The fraction of sp³-hybridized carbons (Fsp3) is 0.538. The molecule has 0 aromatic carbocycles. The summed E-state index contributed by atoms with van der Waals surface area (Å²) in [5.41, 5.74) is 2.92. The van der Waals surface area contributed by atoms with Gasteiger partial charge in [0.05, 0.1) is 0 Å². The van der Waals surface area contributed by atoms with Gasteiger partial charge in [0.25, 0.3) is 0 Å². The summed E-state index contributed by atoms with van der Waals surface area (Å²) in [6, 6.07) is 4.56. The maximum absolute atomic E-state index is 2.43. The second-order valence-corrected chi connectivity index (χ2v) is 4.85. The average molecular weight is 187 g/mol. The lowest BCUT2D eigenvalue weighted by atomic mass is 9.90. The predicted octanol–water partition coefficient (Wildman–Crippen LogP) is 3.01. The van der Waals surface area contributed by atoms with Crippen molar-refractivity contribution in [2.75, 3.05) is 0 Å². The lowest BCUT2D eigenvalue weighted by molar-refractivity contribution is 0.547. The van der Waals surface area contributed by atoms with Gasteiger partial charge < -0.3 is 4.57 Å². The highest BCUT2D eigenvalue weighted by Crippen LogP contribution is 2.48. The molecule has 2 aliphatic carbocycles. The Morgan fingerprint density at radius 2 is 2.07 bits per heavy atom. The highest BCUT2D eigenvalue weighted by molar-refractivity contribution is 5.26. The van der Waals surface area contributed by atoms with Crippen LogP contribution in [0.3, 0.4) is 0 Å². The average Bonchev–Trinajstić information content (AvgIpc) is 2.84. The van der Waals surface area contributed by atoms with Crippen molar-refractivity contribution in [2.45, 2.75) is 25.7 Å². The van der Waals surface area contributed by atoms with E-state index in [1.165, 1.54) is 18.5 Å². The summed E-state index contributed by atoms with van der Waals surface area (Å²) in [6.07, 6.45) is 7.62. The Kier molecular flexibility index (Phi) is 1.64. The van der Waals surface area contributed by atoms with Crippen LogP contribution in [0.25, 0.3) is 0 Å². The molecule has 3 rings (SSSR count). The Balaban J connectivity index is 1.97. The number of rotatable bonds is 1. The minimum atomic E-state index is 0.795. The predicted molar refractivity (Wildman–Crippen MR) is 58.2 cm³/mol. The van der Waals surface area contributed by atoms with Gasteiger partial charge in [-0.3, -0.25) is 0 Å². The van der Waals surface area contributed by atoms with Crippen molar-refractivity contribution < 1.29 is 0 Å². The summed E-state index contributed by atoms with van der Waals surface area (Å²) < 4.78 is 2.36.